The van der Waals surface area contributed by atoms with Crippen molar-refractivity contribution in [1.29, 1.82) is 0 Å². The molecule has 1 aromatic rings. The lowest BCUT2D eigenvalue weighted by Gasteiger charge is -2.00. The lowest BCUT2D eigenvalue weighted by atomic mass is 10.0. The summed E-state index contributed by atoms with van der Waals surface area (Å²) in [7, 11) is 0. The molecule has 0 bridgehead atoms. The van der Waals surface area contributed by atoms with Crippen LogP contribution in [0, 0.1) is 0 Å². The Balaban J connectivity index is 2.49. The summed E-state index contributed by atoms with van der Waals surface area (Å²) in [6.07, 6.45) is 2.16. The lowest BCUT2D eigenvalue weighted by Crippen LogP contribution is -1.89. The second-order valence-corrected chi connectivity index (χ2v) is 3.70. The molecule has 0 fully saturated rings. The van der Waals surface area contributed by atoms with Gasteiger partial charge in [0.05, 0.1) is 0 Å². The molecule has 1 aromatic carbocycles. The zero-order chi connectivity index (χ0) is 10.1. The largest absolute Gasteiger partial charge is 0.478 e. The van der Waals surface area contributed by atoms with Crippen molar-refractivity contribution >= 4 is 11.5 Å². The third kappa shape index (κ3) is 1.43. The van der Waals surface area contributed by atoms with Gasteiger partial charge >= 0.3 is 5.97 Å². The maximum atomic E-state index is 10.6. The summed E-state index contributed by atoms with van der Waals surface area (Å²) in [6.45, 7) is 2.13. The first-order chi connectivity index (χ1) is 6.68. The van der Waals surface area contributed by atoms with Crippen LogP contribution in [0.25, 0.3) is 5.57 Å². The van der Waals surface area contributed by atoms with Gasteiger partial charge < -0.3 is 5.11 Å². The van der Waals surface area contributed by atoms with Crippen LogP contribution in [0.2, 0.25) is 0 Å². The van der Waals surface area contributed by atoms with Crippen molar-refractivity contribution < 1.29 is 9.90 Å². The fourth-order valence-corrected chi connectivity index (χ4v) is 2.05. The Morgan fingerprint density at radius 2 is 2.21 bits per heavy atom. The molecule has 0 heterocycles. The molecular formula is C12H12O2. The summed E-state index contributed by atoms with van der Waals surface area (Å²) in [5, 5.41) is 8.71. The van der Waals surface area contributed by atoms with Crippen molar-refractivity contribution in [1.82, 2.24) is 0 Å². The predicted octanol–water partition coefficient (Wildman–Crippen LogP) is 2.66. The topological polar surface area (TPSA) is 37.3 Å². The standard InChI is InChI=1S/C12H12O2/c1-8-6-9(7-12(13)14)11-5-3-2-4-10(8)11/h2-5,7-8H,6H2,1H3,(H,13,14)/b9-7+/t8-/m0/s1. The van der Waals surface area contributed by atoms with Crippen LogP contribution >= 0.6 is 0 Å². The van der Waals surface area contributed by atoms with E-state index < -0.39 is 5.97 Å². The van der Waals surface area contributed by atoms with Crippen molar-refractivity contribution in [2.24, 2.45) is 0 Å². The molecule has 0 aliphatic heterocycles. The van der Waals surface area contributed by atoms with Crippen LogP contribution in [0.4, 0.5) is 0 Å². The van der Waals surface area contributed by atoms with Gasteiger partial charge in [0.25, 0.3) is 0 Å². The molecule has 0 saturated heterocycles. The summed E-state index contributed by atoms with van der Waals surface area (Å²) < 4.78 is 0. The molecule has 1 atom stereocenters. The zero-order valence-electron chi connectivity index (χ0n) is 8.03. The second kappa shape index (κ2) is 3.29. The minimum Gasteiger partial charge on any atom is -0.478 e. The molecule has 1 aliphatic carbocycles. The summed E-state index contributed by atoms with van der Waals surface area (Å²) in [5.74, 6) is -0.416. The summed E-state index contributed by atoms with van der Waals surface area (Å²) in [4.78, 5) is 10.6. The number of fused-ring (bicyclic) bond motifs is 1. The first-order valence-electron chi connectivity index (χ1n) is 4.71. The molecule has 0 radical (unpaired) electrons. The van der Waals surface area contributed by atoms with E-state index in [9.17, 15) is 4.79 Å². The van der Waals surface area contributed by atoms with Crippen LogP contribution < -0.4 is 0 Å². The number of allylic oxidation sites excluding steroid dienone is 1. The molecule has 0 spiro atoms. The fraction of sp³-hybridized carbons (Fsp3) is 0.250. The molecule has 0 unspecified atom stereocenters. The first kappa shape index (κ1) is 9.00. The van der Waals surface area contributed by atoms with Gasteiger partial charge in [0.2, 0.25) is 0 Å². The van der Waals surface area contributed by atoms with Gasteiger partial charge in [-0.25, -0.2) is 4.79 Å². The molecule has 0 aromatic heterocycles. The lowest BCUT2D eigenvalue weighted by molar-refractivity contribution is -0.131. The quantitative estimate of drug-likeness (QED) is 0.688. The third-order valence-corrected chi connectivity index (χ3v) is 2.66. The molecule has 0 saturated carbocycles. The summed E-state index contributed by atoms with van der Waals surface area (Å²) >= 11 is 0. The van der Waals surface area contributed by atoms with Gasteiger partial charge in [-0.3, -0.25) is 0 Å². The smallest absolute Gasteiger partial charge is 0.328 e. The highest BCUT2D eigenvalue weighted by Crippen LogP contribution is 2.40. The molecule has 72 valence electrons. The Morgan fingerprint density at radius 3 is 2.93 bits per heavy atom. The Morgan fingerprint density at radius 1 is 1.50 bits per heavy atom. The molecule has 2 nitrogen and oxygen atoms in total. The van der Waals surface area contributed by atoms with E-state index >= 15 is 0 Å². The van der Waals surface area contributed by atoms with Crippen molar-refractivity contribution in [3.8, 4) is 0 Å². The van der Waals surface area contributed by atoms with Crippen LogP contribution in [0.1, 0.15) is 30.4 Å². The van der Waals surface area contributed by atoms with E-state index in [1.807, 2.05) is 18.2 Å². The van der Waals surface area contributed by atoms with Crippen molar-refractivity contribution in [2.75, 3.05) is 0 Å². The van der Waals surface area contributed by atoms with E-state index in [1.165, 1.54) is 11.6 Å². The van der Waals surface area contributed by atoms with Gasteiger partial charge in [0.1, 0.15) is 0 Å². The number of hydrogen-bond donors (Lipinski definition) is 1. The number of carboxylic acid groups (broad SMARTS) is 1. The van der Waals surface area contributed by atoms with Gasteiger partial charge in [0, 0.05) is 6.08 Å². The highest BCUT2D eigenvalue weighted by molar-refractivity contribution is 5.92. The average molecular weight is 188 g/mol. The number of rotatable bonds is 1. The fourth-order valence-electron chi connectivity index (χ4n) is 2.05. The molecule has 14 heavy (non-hydrogen) atoms. The maximum Gasteiger partial charge on any atom is 0.328 e. The van der Waals surface area contributed by atoms with E-state index in [-0.39, 0.29) is 0 Å². The van der Waals surface area contributed by atoms with Gasteiger partial charge in [-0.1, -0.05) is 31.2 Å². The van der Waals surface area contributed by atoms with Crippen molar-refractivity contribution in [2.45, 2.75) is 19.3 Å². The van der Waals surface area contributed by atoms with Crippen LogP contribution in [-0.2, 0) is 4.79 Å². The van der Waals surface area contributed by atoms with E-state index in [0.29, 0.717) is 5.92 Å². The summed E-state index contributed by atoms with van der Waals surface area (Å²) in [5.41, 5.74) is 3.31. The number of carboxylic acids is 1. The Kier molecular flexibility index (Phi) is 2.12. The van der Waals surface area contributed by atoms with Crippen LogP contribution in [0.3, 0.4) is 0 Å². The van der Waals surface area contributed by atoms with Gasteiger partial charge in [-0.05, 0) is 29.0 Å². The van der Waals surface area contributed by atoms with Crippen molar-refractivity contribution in [3.63, 3.8) is 0 Å². The SMILES string of the molecule is C[C@H]1C/C(=C\C(=O)O)c2ccccc21. The van der Waals surface area contributed by atoms with Gasteiger partial charge in [-0.2, -0.15) is 0 Å². The molecule has 2 heteroatoms. The number of carbonyl (C=O) groups is 1. The molecule has 0 amide bonds. The van der Waals surface area contributed by atoms with Gasteiger partial charge in [-0.15, -0.1) is 0 Å². The van der Waals surface area contributed by atoms with Gasteiger partial charge in [0.15, 0.2) is 0 Å². The van der Waals surface area contributed by atoms with E-state index in [2.05, 4.69) is 13.0 Å². The van der Waals surface area contributed by atoms with E-state index in [0.717, 1.165) is 17.6 Å². The van der Waals surface area contributed by atoms with Crippen LogP contribution in [0.5, 0.6) is 0 Å². The number of hydrogen-bond acceptors (Lipinski definition) is 1. The Bertz CT molecular complexity index is 405. The molecule has 1 N–H and O–H groups in total. The number of benzene rings is 1. The average Bonchev–Trinajstić information content (AvgIpc) is 2.44. The minimum absolute atomic E-state index is 0.441. The molecular weight excluding hydrogens is 176 g/mol. The summed E-state index contributed by atoms with van der Waals surface area (Å²) in [6, 6.07) is 8.02. The van der Waals surface area contributed by atoms with Crippen LogP contribution in [0.15, 0.2) is 30.3 Å². The van der Waals surface area contributed by atoms with Crippen LogP contribution in [-0.4, -0.2) is 11.1 Å². The Labute approximate surface area is 82.9 Å². The van der Waals surface area contributed by atoms with E-state index in [4.69, 9.17) is 5.11 Å². The minimum atomic E-state index is -0.857. The number of aliphatic carboxylic acids is 1. The third-order valence-electron chi connectivity index (χ3n) is 2.66. The molecule has 2 rings (SSSR count). The van der Waals surface area contributed by atoms with E-state index in [1.54, 1.807) is 0 Å². The monoisotopic (exact) mass is 188 g/mol. The zero-order valence-corrected chi connectivity index (χ0v) is 8.03. The molecule has 1 aliphatic rings. The Hall–Kier alpha value is -1.57. The predicted molar refractivity (Wildman–Crippen MR) is 55.1 cm³/mol. The second-order valence-electron chi connectivity index (χ2n) is 3.70. The highest BCUT2D eigenvalue weighted by atomic mass is 16.4. The van der Waals surface area contributed by atoms with Crippen molar-refractivity contribution in [3.05, 3.63) is 41.5 Å². The highest BCUT2D eigenvalue weighted by Gasteiger charge is 2.22. The maximum absolute atomic E-state index is 10.6. The normalized spacial score (nSPS) is 22.4. The first-order valence-corrected chi connectivity index (χ1v) is 4.71.